The maximum absolute atomic E-state index is 13.2. The van der Waals surface area contributed by atoms with Gasteiger partial charge in [0.1, 0.15) is 17.5 Å². The monoisotopic (exact) mass is 458 g/mol. The SMILES string of the molecule is Cc1ccc(/C=C/C(=O)N(Cc2cccc(Oc3ccccc3)c2)C(CN)C(=O)O)c(C)c1C. The number of carboxylic acid groups (broad SMARTS) is 1. The molecule has 6 heteroatoms. The summed E-state index contributed by atoms with van der Waals surface area (Å²) in [7, 11) is 0. The van der Waals surface area contributed by atoms with Gasteiger partial charge in [-0.15, -0.1) is 0 Å². The summed E-state index contributed by atoms with van der Waals surface area (Å²) in [5.41, 5.74) is 10.8. The zero-order valence-corrected chi connectivity index (χ0v) is 19.7. The number of aliphatic carboxylic acids is 1. The number of nitrogens with two attached hydrogens (primary N) is 1. The summed E-state index contributed by atoms with van der Waals surface area (Å²) in [4.78, 5) is 26.3. The van der Waals surface area contributed by atoms with E-state index in [1.165, 1.54) is 16.5 Å². The van der Waals surface area contributed by atoms with E-state index in [1.807, 2.05) is 81.4 Å². The van der Waals surface area contributed by atoms with Crippen LogP contribution in [0.25, 0.3) is 6.08 Å². The molecule has 0 spiro atoms. The standard InChI is InChI=1S/C28H30N2O4/c1-19-12-13-23(21(3)20(19)2)14-15-27(31)30(26(17-29)28(32)33)18-22-8-7-11-25(16-22)34-24-9-5-4-6-10-24/h4-16,26H,17-18,29H2,1-3H3,(H,32,33)/b15-14+. The highest BCUT2D eigenvalue weighted by Gasteiger charge is 2.27. The Kier molecular flexibility index (Phi) is 8.22. The van der Waals surface area contributed by atoms with E-state index in [9.17, 15) is 14.7 Å². The first-order valence-electron chi connectivity index (χ1n) is 11.1. The number of hydrogen-bond donors (Lipinski definition) is 2. The van der Waals surface area contributed by atoms with E-state index in [1.54, 1.807) is 12.1 Å². The van der Waals surface area contributed by atoms with Crippen LogP contribution in [0.3, 0.4) is 0 Å². The summed E-state index contributed by atoms with van der Waals surface area (Å²) in [5, 5.41) is 9.69. The lowest BCUT2D eigenvalue weighted by molar-refractivity contribution is -0.148. The van der Waals surface area contributed by atoms with Crippen molar-refractivity contribution in [2.24, 2.45) is 5.73 Å². The number of carbonyl (C=O) groups is 2. The van der Waals surface area contributed by atoms with Crippen molar-refractivity contribution in [2.45, 2.75) is 33.4 Å². The summed E-state index contributed by atoms with van der Waals surface area (Å²) < 4.78 is 5.88. The van der Waals surface area contributed by atoms with E-state index < -0.39 is 17.9 Å². The Morgan fingerprint density at radius 3 is 2.35 bits per heavy atom. The molecule has 34 heavy (non-hydrogen) atoms. The predicted molar refractivity (Wildman–Crippen MR) is 134 cm³/mol. The van der Waals surface area contributed by atoms with E-state index in [-0.39, 0.29) is 13.1 Å². The summed E-state index contributed by atoms with van der Waals surface area (Å²) in [6.45, 7) is 5.96. The van der Waals surface area contributed by atoms with Crippen LogP contribution < -0.4 is 10.5 Å². The summed E-state index contributed by atoms with van der Waals surface area (Å²) >= 11 is 0. The van der Waals surface area contributed by atoms with Crippen molar-refractivity contribution < 1.29 is 19.4 Å². The molecule has 1 unspecified atom stereocenters. The predicted octanol–water partition coefficient (Wildman–Crippen LogP) is 4.86. The van der Waals surface area contributed by atoms with Gasteiger partial charge in [-0.05, 0) is 78.9 Å². The lowest BCUT2D eigenvalue weighted by atomic mass is 9.98. The molecule has 3 rings (SSSR count). The molecular weight excluding hydrogens is 428 g/mol. The van der Waals surface area contributed by atoms with Gasteiger partial charge in [0.05, 0.1) is 0 Å². The Balaban J connectivity index is 1.85. The first-order chi connectivity index (χ1) is 16.3. The van der Waals surface area contributed by atoms with Crippen LogP contribution in [-0.4, -0.2) is 34.5 Å². The fourth-order valence-electron chi connectivity index (χ4n) is 3.65. The third kappa shape index (κ3) is 6.11. The molecule has 3 aromatic carbocycles. The van der Waals surface area contributed by atoms with Crippen molar-refractivity contribution in [1.82, 2.24) is 4.90 Å². The quantitative estimate of drug-likeness (QED) is 0.447. The molecule has 0 saturated carbocycles. The highest BCUT2D eigenvalue weighted by atomic mass is 16.5. The second-order valence-electron chi connectivity index (χ2n) is 8.17. The Morgan fingerprint density at radius 2 is 1.68 bits per heavy atom. The van der Waals surface area contributed by atoms with Crippen molar-refractivity contribution in [3.8, 4) is 11.5 Å². The van der Waals surface area contributed by atoms with Crippen molar-refractivity contribution in [3.05, 3.63) is 101 Å². The Morgan fingerprint density at radius 1 is 0.971 bits per heavy atom. The smallest absolute Gasteiger partial charge is 0.327 e. The maximum atomic E-state index is 13.2. The maximum Gasteiger partial charge on any atom is 0.327 e. The third-order valence-corrected chi connectivity index (χ3v) is 5.90. The first kappa shape index (κ1) is 24.7. The molecule has 0 bridgehead atoms. The number of para-hydroxylation sites is 1. The van der Waals surface area contributed by atoms with Gasteiger partial charge in [0.15, 0.2) is 0 Å². The van der Waals surface area contributed by atoms with Gasteiger partial charge >= 0.3 is 5.97 Å². The van der Waals surface area contributed by atoms with Crippen LogP contribution in [0.2, 0.25) is 0 Å². The number of carboxylic acids is 1. The van der Waals surface area contributed by atoms with Crippen LogP contribution in [0, 0.1) is 20.8 Å². The summed E-state index contributed by atoms with van der Waals surface area (Å²) in [6, 6.07) is 19.4. The molecule has 0 radical (unpaired) electrons. The number of carbonyl (C=O) groups excluding carboxylic acids is 1. The molecule has 0 aromatic heterocycles. The minimum atomic E-state index is -1.16. The van der Waals surface area contributed by atoms with Crippen LogP contribution in [0.5, 0.6) is 11.5 Å². The molecule has 1 amide bonds. The topological polar surface area (TPSA) is 92.9 Å². The normalized spacial score (nSPS) is 11.9. The highest BCUT2D eigenvalue weighted by Crippen LogP contribution is 2.23. The lowest BCUT2D eigenvalue weighted by Gasteiger charge is -2.27. The molecule has 3 aromatic rings. The van der Waals surface area contributed by atoms with Crippen molar-refractivity contribution >= 4 is 18.0 Å². The van der Waals surface area contributed by atoms with Crippen LogP contribution >= 0.6 is 0 Å². The number of aryl methyl sites for hydroxylation is 1. The average Bonchev–Trinajstić information content (AvgIpc) is 2.82. The fourth-order valence-corrected chi connectivity index (χ4v) is 3.65. The van der Waals surface area contributed by atoms with E-state index >= 15 is 0 Å². The molecular formula is C28H30N2O4. The van der Waals surface area contributed by atoms with Crippen molar-refractivity contribution in [1.29, 1.82) is 0 Å². The number of benzene rings is 3. The Hall–Kier alpha value is -3.90. The molecule has 0 fully saturated rings. The molecule has 0 saturated heterocycles. The zero-order valence-electron chi connectivity index (χ0n) is 19.7. The van der Waals surface area contributed by atoms with Gasteiger partial charge in [-0.2, -0.15) is 0 Å². The highest BCUT2D eigenvalue weighted by molar-refractivity contribution is 5.94. The number of rotatable bonds is 9. The molecule has 6 nitrogen and oxygen atoms in total. The van der Waals surface area contributed by atoms with Gasteiger partial charge in [-0.1, -0.05) is 42.5 Å². The lowest BCUT2D eigenvalue weighted by Crippen LogP contribution is -2.48. The van der Waals surface area contributed by atoms with Crippen LogP contribution in [-0.2, 0) is 16.1 Å². The van der Waals surface area contributed by atoms with E-state index in [2.05, 4.69) is 0 Å². The summed E-state index contributed by atoms with van der Waals surface area (Å²) in [6.07, 6.45) is 3.13. The van der Waals surface area contributed by atoms with Crippen LogP contribution in [0.4, 0.5) is 0 Å². The molecule has 0 aliphatic rings. The second-order valence-corrected chi connectivity index (χ2v) is 8.17. The average molecular weight is 459 g/mol. The van der Waals surface area contributed by atoms with Gasteiger partial charge in [0, 0.05) is 19.2 Å². The minimum absolute atomic E-state index is 0.0786. The molecule has 0 heterocycles. The van der Waals surface area contributed by atoms with E-state index in [0.29, 0.717) is 11.5 Å². The van der Waals surface area contributed by atoms with Crippen LogP contribution in [0.1, 0.15) is 27.8 Å². The van der Waals surface area contributed by atoms with Gasteiger partial charge in [-0.3, -0.25) is 4.79 Å². The van der Waals surface area contributed by atoms with Gasteiger partial charge in [0.2, 0.25) is 5.91 Å². The van der Waals surface area contributed by atoms with Crippen LogP contribution in [0.15, 0.2) is 72.8 Å². The number of nitrogens with zero attached hydrogens (tertiary/aromatic N) is 1. The molecule has 176 valence electrons. The van der Waals surface area contributed by atoms with Crippen molar-refractivity contribution in [3.63, 3.8) is 0 Å². The molecule has 3 N–H and O–H groups in total. The minimum Gasteiger partial charge on any atom is -0.480 e. The number of ether oxygens (including phenoxy) is 1. The Bertz CT molecular complexity index is 1190. The third-order valence-electron chi connectivity index (χ3n) is 5.90. The number of amides is 1. The summed E-state index contributed by atoms with van der Waals surface area (Å²) in [5.74, 6) is -0.296. The van der Waals surface area contributed by atoms with E-state index in [0.717, 1.165) is 22.3 Å². The van der Waals surface area contributed by atoms with E-state index in [4.69, 9.17) is 10.5 Å². The van der Waals surface area contributed by atoms with Crippen molar-refractivity contribution in [2.75, 3.05) is 6.54 Å². The van der Waals surface area contributed by atoms with Gasteiger partial charge in [-0.25, -0.2) is 4.79 Å². The van der Waals surface area contributed by atoms with Gasteiger partial charge in [0.25, 0.3) is 0 Å². The first-order valence-corrected chi connectivity index (χ1v) is 11.1. The Labute approximate surface area is 200 Å². The molecule has 0 aliphatic heterocycles. The zero-order chi connectivity index (χ0) is 24.7. The fraction of sp³-hybridized carbons (Fsp3) is 0.214. The molecule has 0 aliphatic carbocycles. The molecule has 1 atom stereocenters. The largest absolute Gasteiger partial charge is 0.480 e. The second kappa shape index (κ2) is 11.3. The number of hydrogen-bond acceptors (Lipinski definition) is 4. The van der Waals surface area contributed by atoms with Gasteiger partial charge < -0.3 is 20.5 Å².